The molecule has 0 radical (unpaired) electrons. The Morgan fingerprint density at radius 3 is 2.64 bits per heavy atom. The number of hydrogen-bond acceptors (Lipinski definition) is 6. The molecule has 0 aliphatic heterocycles. The molecule has 2 aromatic carbocycles. The van der Waals surface area contributed by atoms with Crippen molar-refractivity contribution in [1.82, 2.24) is 19.7 Å². The van der Waals surface area contributed by atoms with Gasteiger partial charge in [0.1, 0.15) is 0 Å². The van der Waals surface area contributed by atoms with Crippen LogP contribution in [0, 0.1) is 6.92 Å². The normalized spacial score (nSPS) is 11.2. The molecule has 28 heavy (non-hydrogen) atoms. The van der Waals surface area contributed by atoms with Crippen LogP contribution in [0.5, 0.6) is 0 Å². The number of benzene rings is 2. The first kappa shape index (κ1) is 18.4. The Kier molecular flexibility index (Phi) is 5.25. The lowest BCUT2D eigenvalue weighted by Gasteiger charge is -2.11. The average Bonchev–Trinajstić information content (AvgIpc) is 3.18. The zero-order valence-electron chi connectivity index (χ0n) is 15.8. The van der Waals surface area contributed by atoms with Crippen LogP contribution >= 0.6 is 11.8 Å². The summed E-state index contributed by atoms with van der Waals surface area (Å²) in [7, 11) is 0. The topological polar surface area (TPSA) is 73.8 Å². The van der Waals surface area contributed by atoms with E-state index in [9.17, 15) is 4.79 Å². The Labute approximate surface area is 166 Å². The van der Waals surface area contributed by atoms with Gasteiger partial charge in [-0.2, -0.15) is 4.98 Å². The maximum Gasteiger partial charge on any atom is 0.262 e. The standard InChI is InChI=1S/C21H20N4O2S/c1-3-12-25-20(26)16-6-4-5-7-17(16)22-21(25)28-13-18-23-19(24-27-18)15-10-8-14(2)9-11-15/h4-11H,3,12-13H2,1-2H3. The van der Waals surface area contributed by atoms with Gasteiger partial charge in [0.15, 0.2) is 5.16 Å². The molecule has 0 bridgehead atoms. The van der Waals surface area contributed by atoms with Crippen molar-refractivity contribution < 1.29 is 4.52 Å². The number of aryl methyl sites for hydroxylation is 1. The minimum Gasteiger partial charge on any atom is -0.338 e. The molecule has 2 aromatic heterocycles. The second-order valence-electron chi connectivity index (χ2n) is 6.53. The fourth-order valence-electron chi connectivity index (χ4n) is 2.94. The summed E-state index contributed by atoms with van der Waals surface area (Å²) in [5.74, 6) is 1.52. The van der Waals surface area contributed by atoms with Gasteiger partial charge < -0.3 is 4.52 Å². The third-order valence-electron chi connectivity index (χ3n) is 4.38. The zero-order valence-corrected chi connectivity index (χ0v) is 16.6. The van der Waals surface area contributed by atoms with Gasteiger partial charge in [-0.05, 0) is 25.5 Å². The summed E-state index contributed by atoms with van der Waals surface area (Å²) in [6.45, 7) is 4.70. The third-order valence-corrected chi connectivity index (χ3v) is 5.34. The fourth-order valence-corrected chi connectivity index (χ4v) is 3.80. The highest BCUT2D eigenvalue weighted by molar-refractivity contribution is 7.98. The minimum absolute atomic E-state index is 0.0131. The summed E-state index contributed by atoms with van der Waals surface area (Å²) < 4.78 is 7.12. The molecule has 0 unspecified atom stereocenters. The van der Waals surface area contributed by atoms with Crippen molar-refractivity contribution >= 4 is 22.7 Å². The van der Waals surface area contributed by atoms with Crippen molar-refractivity contribution in [2.24, 2.45) is 0 Å². The molecule has 0 spiro atoms. The van der Waals surface area contributed by atoms with Gasteiger partial charge in [-0.25, -0.2) is 4.98 Å². The smallest absolute Gasteiger partial charge is 0.262 e. The molecule has 4 aromatic rings. The van der Waals surface area contributed by atoms with E-state index in [1.807, 2.05) is 62.4 Å². The predicted molar refractivity (Wildman–Crippen MR) is 110 cm³/mol. The summed E-state index contributed by atoms with van der Waals surface area (Å²) in [6.07, 6.45) is 0.853. The molecular weight excluding hydrogens is 372 g/mol. The SMILES string of the molecule is CCCn1c(SCc2nc(-c3ccc(C)cc3)no2)nc2ccccc2c1=O. The molecule has 0 N–H and O–H groups in total. The number of para-hydroxylation sites is 1. The van der Waals surface area contributed by atoms with Gasteiger partial charge in [0.25, 0.3) is 5.56 Å². The van der Waals surface area contributed by atoms with E-state index in [2.05, 4.69) is 15.1 Å². The first-order chi connectivity index (χ1) is 13.7. The van der Waals surface area contributed by atoms with Gasteiger partial charge in [-0.1, -0.05) is 65.8 Å². The summed E-state index contributed by atoms with van der Waals surface area (Å²) in [5.41, 5.74) is 2.78. The van der Waals surface area contributed by atoms with Crippen LogP contribution in [0.15, 0.2) is 63.0 Å². The minimum atomic E-state index is -0.0131. The second kappa shape index (κ2) is 7.98. The number of hydrogen-bond donors (Lipinski definition) is 0. The van der Waals surface area contributed by atoms with E-state index in [1.54, 1.807) is 4.57 Å². The lowest BCUT2D eigenvalue weighted by atomic mass is 10.1. The number of aromatic nitrogens is 4. The van der Waals surface area contributed by atoms with Crippen molar-refractivity contribution in [3.63, 3.8) is 0 Å². The number of nitrogens with zero attached hydrogens (tertiary/aromatic N) is 4. The van der Waals surface area contributed by atoms with Crippen LogP contribution in [0.1, 0.15) is 24.8 Å². The van der Waals surface area contributed by atoms with E-state index in [0.717, 1.165) is 12.0 Å². The van der Waals surface area contributed by atoms with Crippen LogP contribution in [0.4, 0.5) is 0 Å². The van der Waals surface area contributed by atoms with Crippen LogP contribution in [-0.4, -0.2) is 19.7 Å². The van der Waals surface area contributed by atoms with Crippen LogP contribution in [0.3, 0.4) is 0 Å². The first-order valence-electron chi connectivity index (χ1n) is 9.17. The van der Waals surface area contributed by atoms with Crippen molar-refractivity contribution in [3.8, 4) is 11.4 Å². The van der Waals surface area contributed by atoms with Gasteiger partial charge in [-0.3, -0.25) is 9.36 Å². The highest BCUT2D eigenvalue weighted by Gasteiger charge is 2.14. The Morgan fingerprint density at radius 2 is 1.86 bits per heavy atom. The van der Waals surface area contributed by atoms with Gasteiger partial charge in [0.05, 0.1) is 16.7 Å². The highest BCUT2D eigenvalue weighted by atomic mass is 32.2. The van der Waals surface area contributed by atoms with E-state index < -0.39 is 0 Å². The Balaban J connectivity index is 1.59. The van der Waals surface area contributed by atoms with Crippen molar-refractivity contribution in [3.05, 3.63) is 70.3 Å². The van der Waals surface area contributed by atoms with E-state index >= 15 is 0 Å². The van der Waals surface area contributed by atoms with Crippen LogP contribution in [0.2, 0.25) is 0 Å². The Hall–Kier alpha value is -2.93. The Morgan fingerprint density at radius 1 is 1.07 bits per heavy atom. The number of thioether (sulfide) groups is 1. The molecule has 0 aliphatic rings. The van der Waals surface area contributed by atoms with Crippen LogP contribution < -0.4 is 5.56 Å². The van der Waals surface area contributed by atoms with Crippen LogP contribution in [-0.2, 0) is 12.3 Å². The molecule has 7 heteroatoms. The lowest BCUT2D eigenvalue weighted by Crippen LogP contribution is -2.23. The van der Waals surface area contributed by atoms with E-state index in [1.165, 1.54) is 17.3 Å². The van der Waals surface area contributed by atoms with Crippen molar-refractivity contribution in [2.45, 2.75) is 37.7 Å². The maximum absolute atomic E-state index is 12.8. The summed E-state index contributed by atoms with van der Waals surface area (Å²) >= 11 is 1.44. The molecule has 0 aliphatic carbocycles. The molecule has 142 valence electrons. The molecule has 0 saturated heterocycles. The Bertz CT molecular complexity index is 1170. The largest absolute Gasteiger partial charge is 0.338 e. The molecule has 0 amide bonds. The molecule has 2 heterocycles. The van der Waals surface area contributed by atoms with Gasteiger partial charge in [0, 0.05) is 12.1 Å². The molecule has 6 nitrogen and oxygen atoms in total. The van der Waals surface area contributed by atoms with Gasteiger partial charge >= 0.3 is 0 Å². The molecule has 0 saturated carbocycles. The van der Waals surface area contributed by atoms with E-state index in [-0.39, 0.29) is 5.56 Å². The van der Waals surface area contributed by atoms with E-state index in [0.29, 0.717) is 40.1 Å². The summed E-state index contributed by atoms with van der Waals surface area (Å²) in [4.78, 5) is 22.0. The fraction of sp³-hybridized carbons (Fsp3) is 0.238. The monoisotopic (exact) mass is 392 g/mol. The van der Waals surface area contributed by atoms with Gasteiger partial charge in [0.2, 0.25) is 11.7 Å². The number of fused-ring (bicyclic) bond motifs is 1. The summed E-state index contributed by atoms with van der Waals surface area (Å²) in [6, 6.07) is 15.4. The molecule has 0 atom stereocenters. The molecule has 0 fully saturated rings. The van der Waals surface area contributed by atoms with Crippen molar-refractivity contribution in [2.75, 3.05) is 0 Å². The lowest BCUT2D eigenvalue weighted by molar-refractivity contribution is 0.391. The van der Waals surface area contributed by atoms with Crippen molar-refractivity contribution in [1.29, 1.82) is 0 Å². The second-order valence-corrected chi connectivity index (χ2v) is 7.48. The average molecular weight is 392 g/mol. The predicted octanol–water partition coefficient (Wildman–Crippen LogP) is 4.46. The van der Waals surface area contributed by atoms with Gasteiger partial charge in [-0.15, -0.1) is 0 Å². The highest BCUT2D eigenvalue weighted by Crippen LogP contribution is 2.23. The summed E-state index contributed by atoms with van der Waals surface area (Å²) in [5, 5.41) is 5.37. The number of rotatable bonds is 6. The van der Waals surface area contributed by atoms with Crippen LogP contribution in [0.25, 0.3) is 22.3 Å². The third kappa shape index (κ3) is 3.71. The maximum atomic E-state index is 12.8. The first-order valence-corrected chi connectivity index (χ1v) is 10.2. The zero-order chi connectivity index (χ0) is 19.5. The quantitative estimate of drug-likeness (QED) is 0.356. The molecular formula is C21H20N4O2S. The molecule has 4 rings (SSSR count). The van der Waals surface area contributed by atoms with E-state index in [4.69, 9.17) is 4.52 Å².